The topological polar surface area (TPSA) is 84.4 Å². The molecule has 1 saturated heterocycles. The molecule has 1 aliphatic heterocycles. The number of methoxy groups -OCH3 is 3. The zero-order chi connectivity index (χ0) is 20.6. The maximum atomic E-state index is 12.1. The highest BCUT2D eigenvalue weighted by molar-refractivity contribution is 5.92. The maximum Gasteiger partial charge on any atom is 0.339 e. The lowest BCUT2D eigenvalue weighted by atomic mass is 10.1. The summed E-state index contributed by atoms with van der Waals surface area (Å²) in [7, 11) is 4.79. The van der Waals surface area contributed by atoms with E-state index in [4.69, 9.17) is 14.2 Å². The summed E-state index contributed by atoms with van der Waals surface area (Å²) in [5.74, 6) is 1.96. The molecule has 1 fully saturated rings. The van der Waals surface area contributed by atoms with Crippen molar-refractivity contribution < 1.29 is 19.0 Å². The summed E-state index contributed by atoms with van der Waals surface area (Å²) < 4.78 is 16.3. The van der Waals surface area contributed by atoms with Crippen LogP contribution < -0.4 is 29.9 Å². The average Bonchev–Trinajstić information content (AvgIpc) is 3.28. The normalized spacial score (nSPS) is 13.4. The first-order chi connectivity index (χ1) is 14.2. The number of amides is 2. The molecular weight excluding hydrogens is 372 g/mol. The van der Waals surface area contributed by atoms with Crippen LogP contribution in [0.3, 0.4) is 0 Å². The molecule has 2 N–H and O–H groups in total. The monoisotopic (exact) mass is 398 g/mol. The van der Waals surface area contributed by atoms with Gasteiger partial charge >= 0.3 is 6.03 Å². The second-order valence-corrected chi connectivity index (χ2v) is 6.48. The van der Waals surface area contributed by atoms with Crippen LogP contribution in [0.25, 0.3) is 0 Å². The van der Waals surface area contributed by atoms with Gasteiger partial charge in [0, 0.05) is 24.7 Å². The van der Waals surface area contributed by atoms with Crippen LogP contribution in [0.4, 0.5) is 16.2 Å². The molecule has 154 valence electrons. The Morgan fingerprint density at radius 3 is 2.38 bits per heavy atom. The van der Waals surface area contributed by atoms with Crippen molar-refractivity contribution in [1.82, 2.24) is 5.43 Å². The molecule has 0 spiro atoms. The van der Waals surface area contributed by atoms with E-state index in [0.717, 1.165) is 24.5 Å². The molecule has 0 unspecified atom stereocenters. The van der Waals surface area contributed by atoms with Crippen LogP contribution in [0.5, 0.6) is 17.2 Å². The number of para-hydroxylation sites is 2. The van der Waals surface area contributed by atoms with Crippen molar-refractivity contribution in [1.29, 1.82) is 0 Å². The molecule has 8 heteroatoms. The van der Waals surface area contributed by atoms with Crippen molar-refractivity contribution in [3.05, 3.63) is 42.0 Å². The minimum Gasteiger partial charge on any atom is -0.496 e. The van der Waals surface area contributed by atoms with Crippen molar-refractivity contribution in [3.8, 4) is 17.2 Å². The predicted molar refractivity (Wildman–Crippen MR) is 114 cm³/mol. The third kappa shape index (κ3) is 4.90. The summed E-state index contributed by atoms with van der Waals surface area (Å²) in [6.45, 7) is 2.00. The van der Waals surface area contributed by atoms with Gasteiger partial charge in [-0.05, 0) is 31.0 Å². The van der Waals surface area contributed by atoms with Gasteiger partial charge in [-0.25, -0.2) is 10.2 Å². The molecule has 0 aliphatic carbocycles. The fourth-order valence-corrected chi connectivity index (χ4v) is 3.27. The van der Waals surface area contributed by atoms with Gasteiger partial charge in [0.2, 0.25) is 0 Å². The molecule has 2 aromatic rings. The minimum atomic E-state index is -0.481. The van der Waals surface area contributed by atoms with Gasteiger partial charge in [-0.15, -0.1) is 0 Å². The molecule has 1 heterocycles. The van der Waals surface area contributed by atoms with E-state index in [-0.39, 0.29) is 0 Å². The molecule has 8 nitrogen and oxygen atoms in total. The van der Waals surface area contributed by atoms with E-state index in [1.54, 1.807) is 39.5 Å². The number of benzene rings is 2. The van der Waals surface area contributed by atoms with Crippen LogP contribution in [0, 0.1) is 0 Å². The molecule has 3 rings (SSSR count). The van der Waals surface area contributed by atoms with Crippen LogP contribution >= 0.6 is 0 Å². The predicted octanol–water partition coefficient (Wildman–Crippen LogP) is 3.47. The lowest BCUT2D eigenvalue weighted by molar-refractivity contribution is 0.252. The van der Waals surface area contributed by atoms with Crippen LogP contribution in [0.15, 0.2) is 41.5 Å². The second kappa shape index (κ2) is 9.68. The van der Waals surface area contributed by atoms with Gasteiger partial charge in [0.15, 0.2) is 0 Å². The Hall–Kier alpha value is -3.42. The molecule has 0 aromatic heterocycles. The molecule has 1 aliphatic rings. The lowest BCUT2D eigenvalue weighted by Crippen LogP contribution is -2.24. The maximum absolute atomic E-state index is 12.1. The molecule has 0 radical (unpaired) electrons. The Balaban J connectivity index is 1.71. The highest BCUT2D eigenvalue weighted by atomic mass is 16.5. The molecule has 2 aromatic carbocycles. The van der Waals surface area contributed by atoms with Crippen LogP contribution in [0.2, 0.25) is 0 Å². The van der Waals surface area contributed by atoms with E-state index in [1.807, 2.05) is 18.2 Å². The zero-order valence-corrected chi connectivity index (χ0v) is 16.9. The van der Waals surface area contributed by atoms with Gasteiger partial charge in [-0.2, -0.15) is 5.10 Å². The first kappa shape index (κ1) is 20.3. The van der Waals surface area contributed by atoms with Gasteiger partial charge in [-0.3, -0.25) is 0 Å². The standard InChI is InChI=1S/C21H26N4O4/c1-27-18-9-5-4-8-16(18)23-21(26)24-22-14-15-12-20(29-3)17(13-19(15)28-2)25-10-6-7-11-25/h4-5,8-9,12-14H,6-7,10-11H2,1-3H3,(H2,23,24,26)/b22-14+. The first-order valence-corrected chi connectivity index (χ1v) is 9.40. The quantitative estimate of drug-likeness (QED) is 0.551. The van der Waals surface area contributed by atoms with Gasteiger partial charge in [-0.1, -0.05) is 12.1 Å². The fraction of sp³-hybridized carbons (Fsp3) is 0.333. The summed E-state index contributed by atoms with van der Waals surface area (Å²) >= 11 is 0. The fourth-order valence-electron chi connectivity index (χ4n) is 3.27. The summed E-state index contributed by atoms with van der Waals surface area (Å²) in [6, 6.07) is 10.5. The Labute approximate surface area is 170 Å². The van der Waals surface area contributed by atoms with E-state index in [1.165, 1.54) is 19.1 Å². The molecular formula is C21H26N4O4. The highest BCUT2D eigenvalue weighted by Crippen LogP contribution is 2.36. The number of hydrazone groups is 1. The highest BCUT2D eigenvalue weighted by Gasteiger charge is 2.19. The number of nitrogens with one attached hydrogen (secondary N) is 2. The first-order valence-electron chi connectivity index (χ1n) is 9.40. The second-order valence-electron chi connectivity index (χ2n) is 6.48. The number of carbonyl (C=O) groups excluding carboxylic acids is 1. The van der Waals surface area contributed by atoms with Gasteiger partial charge in [0.05, 0.1) is 38.9 Å². The third-order valence-electron chi connectivity index (χ3n) is 4.70. The SMILES string of the molecule is COc1cc(N2CCCC2)c(OC)cc1/C=N/NC(=O)Nc1ccccc1OC. The van der Waals surface area contributed by atoms with Crippen LogP contribution in [0.1, 0.15) is 18.4 Å². The van der Waals surface area contributed by atoms with Crippen molar-refractivity contribution >= 4 is 23.6 Å². The number of rotatable bonds is 7. The summed E-state index contributed by atoms with van der Waals surface area (Å²) in [6.07, 6.45) is 3.86. The summed E-state index contributed by atoms with van der Waals surface area (Å²) in [4.78, 5) is 14.4. The largest absolute Gasteiger partial charge is 0.496 e. The number of hydrogen-bond acceptors (Lipinski definition) is 6. The molecule has 0 atom stereocenters. The number of ether oxygens (including phenoxy) is 3. The zero-order valence-electron chi connectivity index (χ0n) is 16.9. The van der Waals surface area contributed by atoms with E-state index in [2.05, 4.69) is 20.7 Å². The van der Waals surface area contributed by atoms with Gasteiger partial charge < -0.3 is 24.4 Å². The van der Waals surface area contributed by atoms with Gasteiger partial charge in [0.25, 0.3) is 0 Å². The van der Waals surface area contributed by atoms with Crippen LogP contribution in [-0.4, -0.2) is 46.7 Å². The number of anilines is 2. The summed E-state index contributed by atoms with van der Waals surface area (Å²) in [5.41, 5.74) is 4.70. The van der Waals surface area contributed by atoms with E-state index >= 15 is 0 Å². The molecule has 0 saturated carbocycles. The number of urea groups is 1. The number of nitrogens with zero attached hydrogens (tertiary/aromatic N) is 2. The Morgan fingerprint density at radius 1 is 1.00 bits per heavy atom. The van der Waals surface area contributed by atoms with Crippen LogP contribution in [-0.2, 0) is 0 Å². The van der Waals surface area contributed by atoms with Crippen molar-refractivity contribution in [2.45, 2.75) is 12.8 Å². The molecule has 29 heavy (non-hydrogen) atoms. The lowest BCUT2D eigenvalue weighted by Gasteiger charge is -2.22. The number of hydrogen-bond donors (Lipinski definition) is 2. The Bertz CT molecular complexity index is 879. The van der Waals surface area contributed by atoms with Gasteiger partial charge in [0.1, 0.15) is 17.2 Å². The van der Waals surface area contributed by atoms with Crippen molar-refractivity contribution in [2.24, 2.45) is 5.10 Å². The molecule has 2 amide bonds. The molecule has 0 bridgehead atoms. The van der Waals surface area contributed by atoms with E-state index in [0.29, 0.717) is 22.7 Å². The Kier molecular flexibility index (Phi) is 6.78. The minimum absolute atomic E-state index is 0.481. The van der Waals surface area contributed by atoms with E-state index in [9.17, 15) is 4.79 Å². The third-order valence-corrected chi connectivity index (χ3v) is 4.70. The van der Waals surface area contributed by atoms with Crippen molar-refractivity contribution in [2.75, 3.05) is 44.6 Å². The number of carbonyl (C=O) groups is 1. The Morgan fingerprint density at radius 2 is 1.69 bits per heavy atom. The smallest absolute Gasteiger partial charge is 0.339 e. The van der Waals surface area contributed by atoms with Crippen molar-refractivity contribution in [3.63, 3.8) is 0 Å². The average molecular weight is 398 g/mol. The summed E-state index contributed by atoms with van der Waals surface area (Å²) in [5, 5.41) is 6.72. The van der Waals surface area contributed by atoms with E-state index < -0.39 is 6.03 Å².